The molecule has 0 aromatic heterocycles. The Labute approximate surface area is 134 Å². The van der Waals surface area contributed by atoms with Crippen molar-refractivity contribution in [2.45, 2.75) is 83.0 Å². The number of rotatable bonds is 5. The van der Waals surface area contributed by atoms with E-state index in [4.69, 9.17) is 4.74 Å². The van der Waals surface area contributed by atoms with Gasteiger partial charge in [-0.15, -0.1) is 0 Å². The van der Waals surface area contributed by atoms with Gasteiger partial charge < -0.3 is 20.5 Å². The fourth-order valence-electron chi connectivity index (χ4n) is 3.63. The van der Waals surface area contributed by atoms with E-state index in [0.29, 0.717) is 0 Å². The van der Waals surface area contributed by atoms with E-state index in [1.807, 2.05) is 13.8 Å². The van der Waals surface area contributed by atoms with Crippen molar-refractivity contribution >= 4 is 6.03 Å². The first-order valence-electron chi connectivity index (χ1n) is 8.77. The molecule has 3 unspecified atom stereocenters. The Balaban J connectivity index is 1.77. The highest BCUT2D eigenvalue weighted by molar-refractivity contribution is 5.74. The number of nitrogens with one attached hydrogen (secondary N) is 2. The SMILES string of the molecule is CCC(C)C(C)(O)CNC(=O)NC1CCOC2(CCCC2)C1. The van der Waals surface area contributed by atoms with Crippen LogP contribution in [0.3, 0.4) is 0 Å². The van der Waals surface area contributed by atoms with Crippen LogP contribution >= 0.6 is 0 Å². The molecule has 1 aliphatic heterocycles. The zero-order valence-corrected chi connectivity index (χ0v) is 14.3. The predicted octanol–water partition coefficient (Wildman–Crippen LogP) is 2.57. The highest BCUT2D eigenvalue weighted by atomic mass is 16.5. The summed E-state index contributed by atoms with van der Waals surface area (Å²) in [6.07, 6.45) is 7.39. The van der Waals surface area contributed by atoms with Gasteiger partial charge in [-0.05, 0) is 38.5 Å². The Morgan fingerprint density at radius 3 is 2.77 bits per heavy atom. The Bertz CT molecular complexity index is 378. The molecule has 0 aromatic rings. The molecule has 0 aromatic carbocycles. The normalized spacial score (nSPS) is 28.1. The third-order valence-electron chi connectivity index (χ3n) is 5.62. The van der Waals surface area contributed by atoms with Crippen LogP contribution in [0.4, 0.5) is 4.79 Å². The maximum absolute atomic E-state index is 12.1. The van der Waals surface area contributed by atoms with Gasteiger partial charge in [0.25, 0.3) is 0 Å². The molecule has 0 radical (unpaired) electrons. The minimum Gasteiger partial charge on any atom is -0.388 e. The third-order valence-corrected chi connectivity index (χ3v) is 5.62. The average molecular weight is 312 g/mol. The van der Waals surface area contributed by atoms with E-state index in [0.717, 1.165) is 38.7 Å². The van der Waals surface area contributed by atoms with Crippen LogP contribution < -0.4 is 10.6 Å². The summed E-state index contributed by atoms with van der Waals surface area (Å²) in [5.41, 5.74) is -0.854. The summed E-state index contributed by atoms with van der Waals surface area (Å²) in [6.45, 7) is 6.84. The molecule has 3 N–H and O–H groups in total. The number of hydrogen-bond acceptors (Lipinski definition) is 3. The van der Waals surface area contributed by atoms with Crippen LogP contribution in [0.15, 0.2) is 0 Å². The van der Waals surface area contributed by atoms with E-state index in [-0.39, 0.29) is 30.1 Å². The van der Waals surface area contributed by atoms with Crippen molar-refractivity contribution in [2.24, 2.45) is 5.92 Å². The molecule has 1 heterocycles. The van der Waals surface area contributed by atoms with Crippen molar-refractivity contribution < 1.29 is 14.6 Å². The summed E-state index contributed by atoms with van der Waals surface area (Å²) >= 11 is 0. The van der Waals surface area contributed by atoms with Crippen molar-refractivity contribution in [1.29, 1.82) is 0 Å². The van der Waals surface area contributed by atoms with E-state index < -0.39 is 5.60 Å². The molecule has 2 fully saturated rings. The molecule has 1 saturated carbocycles. The summed E-state index contributed by atoms with van der Waals surface area (Å²) in [7, 11) is 0. The largest absolute Gasteiger partial charge is 0.388 e. The molecule has 22 heavy (non-hydrogen) atoms. The van der Waals surface area contributed by atoms with Gasteiger partial charge in [-0.2, -0.15) is 0 Å². The van der Waals surface area contributed by atoms with Gasteiger partial charge in [0, 0.05) is 19.2 Å². The minimum absolute atomic E-state index is 0.0123. The Kier molecular flexibility index (Phi) is 5.72. The summed E-state index contributed by atoms with van der Waals surface area (Å²) < 4.78 is 5.99. The highest BCUT2D eigenvalue weighted by Crippen LogP contribution is 2.39. The van der Waals surface area contributed by atoms with Gasteiger partial charge in [-0.3, -0.25) is 0 Å². The second-order valence-electron chi connectivity index (χ2n) is 7.42. The van der Waals surface area contributed by atoms with Crippen LogP contribution in [0.5, 0.6) is 0 Å². The number of carbonyl (C=O) groups excluding carboxylic acids is 1. The highest BCUT2D eigenvalue weighted by Gasteiger charge is 2.40. The molecule has 1 spiro atoms. The molecule has 5 heteroatoms. The van der Waals surface area contributed by atoms with Gasteiger partial charge in [0.2, 0.25) is 0 Å². The van der Waals surface area contributed by atoms with Crippen LogP contribution in [-0.2, 0) is 4.74 Å². The molecule has 2 aliphatic rings. The predicted molar refractivity (Wildman–Crippen MR) is 86.8 cm³/mol. The Hall–Kier alpha value is -0.810. The van der Waals surface area contributed by atoms with Crippen LogP contribution in [0.25, 0.3) is 0 Å². The second kappa shape index (κ2) is 7.18. The Morgan fingerprint density at radius 2 is 2.14 bits per heavy atom. The summed E-state index contributed by atoms with van der Waals surface area (Å²) in [5, 5.41) is 16.2. The van der Waals surface area contributed by atoms with Gasteiger partial charge in [-0.1, -0.05) is 33.1 Å². The minimum atomic E-state index is -0.867. The second-order valence-corrected chi connectivity index (χ2v) is 7.42. The first-order valence-corrected chi connectivity index (χ1v) is 8.77. The lowest BCUT2D eigenvalue weighted by atomic mass is 9.88. The van der Waals surface area contributed by atoms with Gasteiger partial charge in [0.15, 0.2) is 0 Å². The van der Waals surface area contributed by atoms with Crippen LogP contribution in [0.1, 0.15) is 65.7 Å². The van der Waals surface area contributed by atoms with E-state index in [1.54, 1.807) is 6.92 Å². The quantitative estimate of drug-likeness (QED) is 0.731. The van der Waals surface area contributed by atoms with Crippen molar-refractivity contribution in [3.63, 3.8) is 0 Å². The van der Waals surface area contributed by atoms with Gasteiger partial charge in [-0.25, -0.2) is 4.79 Å². The lowest BCUT2D eigenvalue weighted by molar-refractivity contribution is -0.0821. The van der Waals surface area contributed by atoms with E-state index in [1.165, 1.54) is 12.8 Å². The summed E-state index contributed by atoms with van der Waals surface area (Å²) in [6, 6.07) is 0.00372. The summed E-state index contributed by atoms with van der Waals surface area (Å²) in [5.74, 6) is 0.151. The molecule has 128 valence electrons. The van der Waals surface area contributed by atoms with Crippen molar-refractivity contribution in [3.05, 3.63) is 0 Å². The first-order chi connectivity index (χ1) is 10.4. The number of ether oxygens (including phenoxy) is 1. The monoisotopic (exact) mass is 312 g/mol. The van der Waals surface area contributed by atoms with Crippen molar-refractivity contribution in [1.82, 2.24) is 10.6 Å². The molecule has 2 rings (SSSR count). The number of hydrogen-bond donors (Lipinski definition) is 3. The number of urea groups is 1. The lowest BCUT2D eigenvalue weighted by Crippen LogP contribution is -2.53. The van der Waals surface area contributed by atoms with Crippen LogP contribution in [-0.4, -0.2) is 41.5 Å². The van der Waals surface area contributed by atoms with Crippen LogP contribution in [0, 0.1) is 5.92 Å². The van der Waals surface area contributed by atoms with Crippen molar-refractivity contribution in [2.75, 3.05) is 13.2 Å². The first kappa shape index (κ1) is 17.5. The zero-order valence-electron chi connectivity index (χ0n) is 14.3. The van der Waals surface area contributed by atoms with Crippen molar-refractivity contribution in [3.8, 4) is 0 Å². The third kappa shape index (κ3) is 4.35. The zero-order chi connectivity index (χ0) is 16.2. The number of amides is 2. The molecule has 1 aliphatic carbocycles. The molecular formula is C17H32N2O3. The molecule has 5 nitrogen and oxygen atoms in total. The maximum Gasteiger partial charge on any atom is 0.315 e. The van der Waals surface area contributed by atoms with Gasteiger partial charge in [0.1, 0.15) is 0 Å². The molecular weight excluding hydrogens is 280 g/mol. The molecule has 3 atom stereocenters. The van der Waals surface area contributed by atoms with Gasteiger partial charge in [0.05, 0.1) is 11.2 Å². The molecule has 1 saturated heterocycles. The molecule has 0 bridgehead atoms. The number of carbonyl (C=O) groups is 1. The average Bonchev–Trinajstić information content (AvgIpc) is 2.92. The fourth-order valence-corrected chi connectivity index (χ4v) is 3.63. The maximum atomic E-state index is 12.1. The number of aliphatic hydroxyl groups is 1. The topological polar surface area (TPSA) is 70.6 Å². The molecule has 2 amide bonds. The Morgan fingerprint density at radius 1 is 1.45 bits per heavy atom. The van der Waals surface area contributed by atoms with E-state index in [2.05, 4.69) is 10.6 Å². The lowest BCUT2D eigenvalue weighted by Gasteiger charge is -2.38. The summed E-state index contributed by atoms with van der Waals surface area (Å²) in [4.78, 5) is 12.1. The smallest absolute Gasteiger partial charge is 0.315 e. The fraction of sp³-hybridized carbons (Fsp3) is 0.941. The van der Waals surface area contributed by atoms with Gasteiger partial charge >= 0.3 is 6.03 Å². The van der Waals surface area contributed by atoms with E-state index in [9.17, 15) is 9.90 Å². The van der Waals surface area contributed by atoms with Crippen LogP contribution in [0.2, 0.25) is 0 Å². The van der Waals surface area contributed by atoms with E-state index >= 15 is 0 Å². The standard InChI is InChI=1S/C17H32N2O3/c1-4-13(2)16(3,21)12-18-15(20)19-14-7-10-22-17(11-14)8-5-6-9-17/h13-14,21H,4-12H2,1-3H3,(H2,18,19,20).